The zero-order valence-electron chi connectivity index (χ0n) is 14.0. The van der Waals surface area contributed by atoms with Gasteiger partial charge in [-0.2, -0.15) is 10.2 Å². The Kier molecular flexibility index (Phi) is 4.08. The number of aromatic nitrogens is 5. The monoisotopic (exact) mass is 324 g/mol. The summed E-state index contributed by atoms with van der Waals surface area (Å²) in [7, 11) is 1.89. The Morgan fingerprint density at radius 3 is 2.79 bits per heavy atom. The van der Waals surface area contributed by atoms with Gasteiger partial charge in [0, 0.05) is 31.8 Å². The molecule has 124 valence electrons. The van der Waals surface area contributed by atoms with Gasteiger partial charge >= 0.3 is 0 Å². The predicted molar refractivity (Wildman–Crippen MR) is 93.2 cm³/mol. The number of anilines is 2. The van der Waals surface area contributed by atoms with Crippen LogP contribution in [0.4, 0.5) is 17.3 Å². The Hall–Kier alpha value is -3.08. The molecule has 0 saturated heterocycles. The Bertz CT molecular complexity index is 928. The van der Waals surface area contributed by atoms with Crippen molar-refractivity contribution in [2.75, 3.05) is 17.6 Å². The van der Waals surface area contributed by atoms with Crippen LogP contribution in [0.15, 0.2) is 12.3 Å². The molecule has 0 spiro atoms. The Balaban J connectivity index is 1.92. The van der Waals surface area contributed by atoms with E-state index in [1.165, 1.54) is 0 Å². The number of aryl methyl sites for hydroxylation is 3. The normalized spacial score (nSPS) is 10.9. The lowest BCUT2D eigenvalue weighted by atomic mass is 10.2. The van der Waals surface area contributed by atoms with Gasteiger partial charge in [-0.15, -0.1) is 0 Å². The first-order valence-corrected chi connectivity index (χ1v) is 7.82. The second kappa shape index (κ2) is 6.20. The highest BCUT2D eigenvalue weighted by molar-refractivity contribution is 5.80. The molecular formula is C16H20N8. The van der Waals surface area contributed by atoms with Crippen LogP contribution >= 0.6 is 0 Å². The molecule has 0 unspecified atom stereocenters. The minimum absolute atomic E-state index is 0.300. The molecule has 0 aliphatic carbocycles. The highest BCUT2D eigenvalue weighted by Gasteiger charge is 2.18. The minimum atomic E-state index is 0.300. The molecule has 3 rings (SSSR count). The molecule has 24 heavy (non-hydrogen) atoms. The van der Waals surface area contributed by atoms with Gasteiger partial charge in [0.1, 0.15) is 11.6 Å². The molecule has 8 nitrogen and oxygen atoms in total. The summed E-state index contributed by atoms with van der Waals surface area (Å²) in [6.45, 7) is 12.0. The second-order valence-corrected chi connectivity index (χ2v) is 5.62. The van der Waals surface area contributed by atoms with Crippen molar-refractivity contribution < 1.29 is 0 Å². The minimum Gasteiger partial charge on any atom is -0.392 e. The Labute approximate surface area is 140 Å². The smallest absolute Gasteiger partial charge is 0.268 e. The van der Waals surface area contributed by atoms with E-state index in [1.807, 2.05) is 26.2 Å². The summed E-state index contributed by atoms with van der Waals surface area (Å²) in [5.41, 5.74) is 10.1. The summed E-state index contributed by atoms with van der Waals surface area (Å²) in [5, 5.41) is 12.0. The van der Waals surface area contributed by atoms with E-state index in [-0.39, 0.29) is 0 Å². The summed E-state index contributed by atoms with van der Waals surface area (Å²) in [4.78, 5) is 8.14. The van der Waals surface area contributed by atoms with Gasteiger partial charge in [0.15, 0.2) is 5.65 Å². The molecule has 3 aromatic heterocycles. The van der Waals surface area contributed by atoms with Crippen LogP contribution in [0.3, 0.4) is 0 Å². The summed E-state index contributed by atoms with van der Waals surface area (Å²) in [5.74, 6) is 0.818. The van der Waals surface area contributed by atoms with Crippen LogP contribution in [0, 0.1) is 13.5 Å². The topological polar surface area (TPSA) is 90.4 Å². The average Bonchev–Trinajstić information content (AvgIpc) is 3.10. The number of rotatable bonds is 5. The van der Waals surface area contributed by atoms with Crippen LogP contribution in [0.5, 0.6) is 0 Å². The number of hydrogen-bond donors (Lipinski definition) is 2. The maximum absolute atomic E-state index is 7.42. The quantitative estimate of drug-likeness (QED) is 0.702. The van der Waals surface area contributed by atoms with Crippen molar-refractivity contribution in [3.8, 4) is 0 Å². The van der Waals surface area contributed by atoms with E-state index in [0.717, 1.165) is 29.8 Å². The van der Waals surface area contributed by atoms with Crippen LogP contribution < -0.4 is 11.1 Å². The number of fused-ring (bicyclic) bond motifs is 1. The molecule has 0 saturated carbocycles. The molecule has 0 atom stereocenters. The number of nitrogens with zero attached hydrogens (tertiary/aromatic N) is 6. The molecule has 0 radical (unpaired) electrons. The third kappa shape index (κ3) is 2.65. The number of hydrogen-bond acceptors (Lipinski definition) is 5. The maximum atomic E-state index is 7.42. The molecule has 3 N–H and O–H groups in total. The van der Waals surface area contributed by atoms with Gasteiger partial charge in [-0.3, -0.25) is 4.68 Å². The fourth-order valence-corrected chi connectivity index (χ4v) is 2.76. The molecule has 0 aromatic carbocycles. The standard InChI is InChI=1S/C16H20N8/c1-5-12-10(2)21-24-14(17)13(18-3)15(20-16(12)24)19-8-6-11-7-9-23(4)22-11/h7,9H,5-6,8,17H2,1-2,4H3,(H,19,20). The molecule has 3 aromatic rings. The van der Waals surface area contributed by atoms with E-state index < -0.39 is 0 Å². The van der Waals surface area contributed by atoms with E-state index in [9.17, 15) is 0 Å². The van der Waals surface area contributed by atoms with Crippen molar-refractivity contribution in [1.82, 2.24) is 24.4 Å². The van der Waals surface area contributed by atoms with Crippen molar-refractivity contribution in [1.29, 1.82) is 0 Å². The van der Waals surface area contributed by atoms with Crippen molar-refractivity contribution in [2.45, 2.75) is 26.7 Å². The van der Waals surface area contributed by atoms with Gasteiger partial charge < -0.3 is 11.1 Å². The van der Waals surface area contributed by atoms with E-state index in [0.29, 0.717) is 29.5 Å². The SMILES string of the molecule is [C-]#[N+]c1c(NCCc2ccn(C)n2)nc2c(CC)c(C)nn2c1N. The molecule has 3 heterocycles. The van der Waals surface area contributed by atoms with Crippen LogP contribution in [-0.4, -0.2) is 30.9 Å². The zero-order chi connectivity index (χ0) is 17.3. The van der Waals surface area contributed by atoms with E-state index in [2.05, 4.69) is 32.3 Å². The summed E-state index contributed by atoms with van der Waals surface area (Å²) in [6.07, 6.45) is 3.46. The van der Waals surface area contributed by atoms with Gasteiger partial charge in [-0.05, 0) is 19.4 Å². The molecule has 0 aliphatic rings. The molecule has 0 bridgehead atoms. The first-order chi connectivity index (χ1) is 11.5. The van der Waals surface area contributed by atoms with Gasteiger partial charge in [-0.25, -0.2) is 14.3 Å². The lowest BCUT2D eigenvalue weighted by Gasteiger charge is -2.10. The first kappa shape index (κ1) is 15.8. The fourth-order valence-electron chi connectivity index (χ4n) is 2.76. The number of nitrogens with one attached hydrogen (secondary N) is 1. The number of nitrogen functional groups attached to an aromatic ring is 1. The lowest BCUT2D eigenvalue weighted by Crippen LogP contribution is -2.10. The lowest BCUT2D eigenvalue weighted by molar-refractivity contribution is 0.742. The average molecular weight is 324 g/mol. The Morgan fingerprint density at radius 2 is 2.17 bits per heavy atom. The van der Waals surface area contributed by atoms with E-state index in [4.69, 9.17) is 12.3 Å². The van der Waals surface area contributed by atoms with Crippen molar-refractivity contribution in [2.24, 2.45) is 7.05 Å². The highest BCUT2D eigenvalue weighted by atomic mass is 15.3. The summed E-state index contributed by atoms with van der Waals surface area (Å²) in [6, 6.07) is 1.97. The summed E-state index contributed by atoms with van der Waals surface area (Å²) >= 11 is 0. The van der Waals surface area contributed by atoms with Crippen molar-refractivity contribution in [3.05, 3.63) is 40.6 Å². The predicted octanol–water partition coefficient (Wildman–Crippen LogP) is 2.12. The highest BCUT2D eigenvalue weighted by Crippen LogP contribution is 2.32. The Morgan fingerprint density at radius 1 is 1.38 bits per heavy atom. The first-order valence-electron chi connectivity index (χ1n) is 7.82. The zero-order valence-corrected chi connectivity index (χ0v) is 14.0. The third-order valence-electron chi connectivity index (χ3n) is 3.98. The van der Waals surface area contributed by atoms with Gasteiger partial charge in [0.2, 0.25) is 0 Å². The maximum Gasteiger partial charge on any atom is 0.268 e. The van der Waals surface area contributed by atoms with E-state index >= 15 is 0 Å². The van der Waals surface area contributed by atoms with Crippen molar-refractivity contribution >= 4 is 23.0 Å². The summed E-state index contributed by atoms with van der Waals surface area (Å²) < 4.78 is 3.33. The van der Waals surface area contributed by atoms with Crippen LogP contribution in [-0.2, 0) is 19.9 Å². The molecule has 0 amide bonds. The number of nitrogens with two attached hydrogens (primary N) is 1. The van der Waals surface area contributed by atoms with Crippen LogP contribution in [0.25, 0.3) is 10.5 Å². The van der Waals surface area contributed by atoms with Crippen LogP contribution in [0.1, 0.15) is 23.9 Å². The molecule has 0 aliphatic heterocycles. The molecule has 8 heteroatoms. The third-order valence-corrected chi connectivity index (χ3v) is 3.98. The van der Waals surface area contributed by atoms with Gasteiger partial charge in [0.25, 0.3) is 5.69 Å². The largest absolute Gasteiger partial charge is 0.392 e. The molecule has 0 fully saturated rings. The molecular weight excluding hydrogens is 304 g/mol. The van der Waals surface area contributed by atoms with E-state index in [1.54, 1.807) is 9.20 Å². The van der Waals surface area contributed by atoms with Gasteiger partial charge in [-0.1, -0.05) is 6.92 Å². The van der Waals surface area contributed by atoms with Gasteiger partial charge in [0.05, 0.1) is 18.0 Å². The second-order valence-electron chi connectivity index (χ2n) is 5.62. The fraction of sp³-hybridized carbons (Fsp3) is 0.375. The van der Waals surface area contributed by atoms with Crippen molar-refractivity contribution in [3.63, 3.8) is 0 Å². The van der Waals surface area contributed by atoms with Crippen LogP contribution in [0.2, 0.25) is 0 Å².